The van der Waals surface area contributed by atoms with Crippen LogP contribution in [0.2, 0.25) is 0 Å². The predicted octanol–water partition coefficient (Wildman–Crippen LogP) is 1.87. The fraction of sp³-hybridized carbons (Fsp3) is 0.0769. The molecule has 2 rings (SSSR count). The van der Waals surface area contributed by atoms with Crippen molar-refractivity contribution in [2.24, 2.45) is 0 Å². The Bertz CT molecular complexity index is 584. The van der Waals surface area contributed by atoms with E-state index in [0.717, 1.165) is 0 Å². The number of hydrogen-bond acceptors (Lipinski definition) is 2. The highest BCUT2D eigenvalue weighted by Gasteiger charge is 2.10. The third kappa shape index (κ3) is 2.66. The number of nitrogens with zero attached hydrogens (tertiary/aromatic N) is 1. The summed E-state index contributed by atoms with van der Waals surface area (Å²) in [6.45, 7) is 0.0151. The summed E-state index contributed by atoms with van der Waals surface area (Å²) in [5.74, 6) is -0.856. The summed E-state index contributed by atoms with van der Waals surface area (Å²) < 4.78 is 14.9. The van der Waals surface area contributed by atoms with Crippen molar-refractivity contribution in [3.05, 3.63) is 70.4 Å². The second-order valence-corrected chi connectivity index (χ2v) is 3.61. The number of halogens is 1. The van der Waals surface area contributed by atoms with Gasteiger partial charge in [-0.25, -0.2) is 4.39 Å². The molecule has 0 spiro atoms. The number of ketones is 1. The van der Waals surface area contributed by atoms with Crippen LogP contribution in [-0.4, -0.2) is 10.4 Å². The van der Waals surface area contributed by atoms with Gasteiger partial charge in [-0.2, -0.15) is 0 Å². The minimum Gasteiger partial charge on any atom is -0.346 e. The zero-order chi connectivity index (χ0) is 12.3. The van der Waals surface area contributed by atoms with Gasteiger partial charge in [0.05, 0.1) is 12.1 Å². The van der Waals surface area contributed by atoms with Crippen LogP contribution in [0.25, 0.3) is 0 Å². The van der Waals surface area contributed by atoms with Crippen LogP contribution in [-0.2, 0) is 6.54 Å². The highest BCUT2D eigenvalue weighted by molar-refractivity contribution is 5.96. The molecule has 0 saturated heterocycles. The van der Waals surface area contributed by atoms with Crippen LogP contribution in [0, 0.1) is 5.82 Å². The number of pyridine rings is 1. The number of aromatic nitrogens is 1. The van der Waals surface area contributed by atoms with E-state index in [2.05, 4.69) is 0 Å². The molecule has 17 heavy (non-hydrogen) atoms. The van der Waals surface area contributed by atoms with E-state index < -0.39 is 5.82 Å². The molecule has 0 aliphatic heterocycles. The lowest BCUT2D eigenvalue weighted by molar-refractivity contribution is 0.0968. The van der Waals surface area contributed by atoms with Gasteiger partial charge in [-0.3, -0.25) is 9.59 Å². The van der Waals surface area contributed by atoms with Crippen LogP contribution >= 0.6 is 0 Å². The van der Waals surface area contributed by atoms with E-state index >= 15 is 0 Å². The monoisotopic (exact) mass is 231 g/mol. The van der Waals surface area contributed by atoms with Gasteiger partial charge >= 0.3 is 0 Å². The first-order valence-electron chi connectivity index (χ1n) is 5.10. The molecule has 2 aromatic rings. The molecule has 1 aromatic heterocycles. The smallest absolute Gasteiger partial charge is 0.185 e. The first-order valence-corrected chi connectivity index (χ1v) is 5.10. The molecule has 86 valence electrons. The standard InChI is InChI=1S/C13H10FNO2/c14-12-4-2-1-3-11(12)13(17)9-15-7-5-10(16)6-8-15/h1-8H,9H2. The van der Waals surface area contributed by atoms with E-state index in [4.69, 9.17) is 0 Å². The Hall–Kier alpha value is -2.23. The van der Waals surface area contributed by atoms with Crippen molar-refractivity contribution in [3.8, 4) is 0 Å². The fourth-order valence-corrected chi connectivity index (χ4v) is 1.49. The second-order valence-electron chi connectivity index (χ2n) is 3.61. The van der Waals surface area contributed by atoms with Gasteiger partial charge in [0.15, 0.2) is 11.2 Å². The van der Waals surface area contributed by atoms with Crippen LogP contribution in [0.15, 0.2) is 53.6 Å². The van der Waals surface area contributed by atoms with Crippen molar-refractivity contribution in [1.29, 1.82) is 0 Å². The molecule has 0 fully saturated rings. The van der Waals surface area contributed by atoms with E-state index in [9.17, 15) is 14.0 Å². The Kier molecular flexibility index (Phi) is 3.14. The van der Waals surface area contributed by atoms with Gasteiger partial charge in [0.25, 0.3) is 0 Å². The first kappa shape index (κ1) is 11.3. The van der Waals surface area contributed by atoms with Crippen molar-refractivity contribution < 1.29 is 9.18 Å². The van der Waals surface area contributed by atoms with Crippen LogP contribution < -0.4 is 5.43 Å². The average molecular weight is 231 g/mol. The Morgan fingerprint density at radius 2 is 1.76 bits per heavy atom. The highest BCUT2D eigenvalue weighted by Crippen LogP contribution is 2.08. The first-order chi connectivity index (χ1) is 8.16. The molecular formula is C13H10FNO2. The summed E-state index contributed by atoms with van der Waals surface area (Å²) in [4.78, 5) is 22.7. The number of benzene rings is 1. The molecule has 0 bridgehead atoms. The topological polar surface area (TPSA) is 39.1 Å². The average Bonchev–Trinajstić information content (AvgIpc) is 2.32. The van der Waals surface area contributed by atoms with Gasteiger partial charge < -0.3 is 4.57 Å². The molecule has 0 amide bonds. The van der Waals surface area contributed by atoms with Gasteiger partial charge in [0.1, 0.15) is 5.82 Å². The molecule has 3 nitrogen and oxygen atoms in total. The molecule has 1 aromatic carbocycles. The third-order valence-electron chi connectivity index (χ3n) is 2.36. The number of Topliss-reactive ketones (excluding diaryl/α,β-unsaturated/α-hetero) is 1. The Labute approximate surface area is 97.1 Å². The molecule has 1 heterocycles. The van der Waals surface area contributed by atoms with Crippen LogP contribution in [0.1, 0.15) is 10.4 Å². The molecule has 0 aliphatic carbocycles. The Morgan fingerprint density at radius 1 is 1.12 bits per heavy atom. The van der Waals surface area contributed by atoms with E-state index in [1.807, 2.05) is 0 Å². The molecule has 0 unspecified atom stereocenters. The van der Waals surface area contributed by atoms with Crippen LogP contribution in [0.5, 0.6) is 0 Å². The SMILES string of the molecule is O=C(Cn1ccc(=O)cc1)c1ccccc1F. The van der Waals surface area contributed by atoms with Gasteiger partial charge in [-0.1, -0.05) is 12.1 Å². The van der Waals surface area contributed by atoms with E-state index in [0.29, 0.717) is 0 Å². The lowest BCUT2D eigenvalue weighted by Crippen LogP contribution is -2.13. The van der Waals surface area contributed by atoms with Crippen LogP contribution in [0.4, 0.5) is 4.39 Å². The summed E-state index contributed by atoms with van der Waals surface area (Å²) in [5, 5.41) is 0. The third-order valence-corrected chi connectivity index (χ3v) is 2.36. The molecule has 0 aliphatic rings. The number of carbonyl (C=O) groups is 1. The zero-order valence-corrected chi connectivity index (χ0v) is 8.97. The van der Waals surface area contributed by atoms with Crippen LogP contribution in [0.3, 0.4) is 0 Å². The van der Waals surface area contributed by atoms with Gasteiger partial charge in [-0.05, 0) is 12.1 Å². The summed E-state index contributed by atoms with van der Waals surface area (Å²) in [6.07, 6.45) is 3.00. The van der Waals surface area contributed by atoms with Crippen molar-refractivity contribution in [1.82, 2.24) is 4.57 Å². The molecule has 0 atom stereocenters. The zero-order valence-electron chi connectivity index (χ0n) is 8.97. The maximum Gasteiger partial charge on any atom is 0.185 e. The van der Waals surface area contributed by atoms with Gasteiger partial charge in [0.2, 0.25) is 0 Å². The lowest BCUT2D eigenvalue weighted by atomic mass is 10.1. The number of rotatable bonds is 3. The largest absolute Gasteiger partial charge is 0.346 e. The fourth-order valence-electron chi connectivity index (χ4n) is 1.49. The summed E-state index contributed by atoms with van der Waals surface area (Å²) in [6, 6.07) is 8.55. The summed E-state index contributed by atoms with van der Waals surface area (Å²) >= 11 is 0. The Balaban J connectivity index is 2.20. The van der Waals surface area contributed by atoms with Gasteiger partial charge in [0, 0.05) is 24.5 Å². The van der Waals surface area contributed by atoms with Gasteiger partial charge in [-0.15, -0.1) is 0 Å². The molecule has 0 saturated carbocycles. The summed E-state index contributed by atoms with van der Waals surface area (Å²) in [7, 11) is 0. The molecule has 0 radical (unpaired) electrons. The quantitative estimate of drug-likeness (QED) is 0.756. The van der Waals surface area contributed by atoms with Crippen molar-refractivity contribution >= 4 is 5.78 Å². The van der Waals surface area contributed by atoms with E-state index in [1.165, 1.54) is 47.3 Å². The maximum atomic E-state index is 13.3. The number of hydrogen-bond donors (Lipinski definition) is 0. The predicted molar refractivity (Wildman–Crippen MR) is 61.4 cm³/mol. The number of carbonyl (C=O) groups excluding carboxylic acids is 1. The lowest BCUT2D eigenvalue weighted by Gasteiger charge is -2.05. The summed E-state index contributed by atoms with van der Waals surface area (Å²) in [5.41, 5.74) is -0.0641. The van der Waals surface area contributed by atoms with Crippen molar-refractivity contribution in [2.75, 3.05) is 0 Å². The molecule has 4 heteroatoms. The molecular weight excluding hydrogens is 221 g/mol. The normalized spacial score (nSPS) is 10.2. The van der Waals surface area contributed by atoms with E-state index in [-0.39, 0.29) is 23.3 Å². The van der Waals surface area contributed by atoms with Crippen molar-refractivity contribution in [2.45, 2.75) is 6.54 Å². The molecule has 0 N–H and O–H groups in total. The van der Waals surface area contributed by atoms with Crippen molar-refractivity contribution in [3.63, 3.8) is 0 Å². The second kappa shape index (κ2) is 4.74. The minimum atomic E-state index is -0.529. The highest BCUT2D eigenvalue weighted by atomic mass is 19.1. The minimum absolute atomic E-state index is 0.0151. The van der Waals surface area contributed by atoms with E-state index in [1.54, 1.807) is 6.07 Å². The maximum absolute atomic E-state index is 13.3. The Morgan fingerprint density at radius 3 is 2.41 bits per heavy atom.